The van der Waals surface area contributed by atoms with E-state index in [-0.39, 0.29) is 23.3 Å². The normalized spacial score (nSPS) is 22.1. The number of benzene rings is 1. The number of nitrogens with one attached hydrogen (secondary N) is 1. The van der Waals surface area contributed by atoms with Crippen LogP contribution in [-0.4, -0.2) is 97.6 Å². The molecule has 1 amide bonds. The first kappa shape index (κ1) is 31.9. The molecule has 6 heterocycles. The van der Waals surface area contributed by atoms with Crippen LogP contribution in [0, 0.1) is 5.41 Å². The first-order chi connectivity index (χ1) is 23.5. The number of likely N-dealkylation sites (tertiary alicyclic amines) is 2. The van der Waals surface area contributed by atoms with Gasteiger partial charge >= 0.3 is 6.09 Å². The Morgan fingerprint density at radius 2 is 1.76 bits per heavy atom. The zero-order valence-electron chi connectivity index (χ0n) is 29.1. The maximum absolute atomic E-state index is 12.4. The molecule has 3 fully saturated rings. The van der Waals surface area contributed by atoms with Gasteiger partial charge in [0.25, 0.3) is 0 Å². The molecule has 258 valence electrons. The van der Waals surface area contributed by atoms with Crippen LogP contribution in [0.4, 0.5) is 10.7 Å². The summed E-state index contributed by atoms with van der Waals surface area (Å²) in [5.74, 6) is 0.880. The van der Waals surface area contributed by atoms with E-state index in [1.54, 1.807) is 19.2 Å². The third kappa shape index (κ3) is 5.58. The van der Waals surface area contributed by atoms with Crippen molar-refractivity contribution in [3.8, 4) is 17.0 Å². The number of carbonyl (C=O) groups excluding carboxylic acids is 1. The Bertz CT molecular complexity index is 1860. The van der Waals surface area contributed by atoms with Crippen molar-refractivity contribution >= 4 is 23.1 Å². The molecule has 3 aromatic heterocycles. The standard InChI is InChI=1S/C37H46N8O4/c1-23-31-27-16-29(26-8-6-7-9-30(26)46)41-42-32(27)40-28(31)10-13-45(23)33-38-19-24(20-39-33)37(48-5)11-14-43(15-12-37)25-17-36(18-25)21-44(22-36)34(47)49-35(2,3)4/h6-9,16,19-20,23,25,46H,10-15,17-18,21-22H2,1-5H3,(H,40,42)/t23-/m1/s1. The molecule has 2 saturated heterocycles. The van der Waals surface area contributed by atoms with Gasteiger partial charge in [-0.25, -0.2) is 14.8 Å². The first-order valence-electron chi connectivity index (χ1n) is 17.5. The van der Waals surface area contributed by atoms with Crippen LogP contribution in [0.15, 0.2) is 42.7 Å². The van der Waals surface area contributed by atoms with Crippen LogP contribution in [0.2, 0.25) is 0 Å². The molecule has 2 N–H and O–H groups in total. The fourth-order valence-corrected chi connectivity index (χ4v) is 8.65. The minimum atomic E-state index is -0.459. The van der Waals surface area contributed by atoms with Gasteiger partial charge in [-0.05, 0) is 71.6 Å². The van der Waals surface area contributed by atoms with E-state index in [9.17, 15) is 9.90 Å². The molecule has 0 radical (unpaired) electrons. The predicted octanol–water partition coefficient (Wildman–Crippen LogP) is 5.58. The van der Waals surface area contributed by atoms with Crippen molar-refractivity contribution in [3.63, 3.8) is 0 Å². The van der Waals surface area contributed by atoms with Crippen LogP contribution < -0.4 is 4.90 Å². The average Bonchev–Trinajstić information content (AvgIpc) is 3.42. The lowest BCUT2D eigenvalue weighted by Gasteiger charge is -2.61. The molecule has 49 heavy (non-hydrogen) atoms. The number of anilines is 1. The van der Waals surface area contributed by atoms with Crippen molar-refractivity contribution in [3.05, 3.63) is 59.5 Å². The summed E-state index contributed by atoms with van der Waals surface area (Å²) >= 11 is 0. The highest BCUT2D eigenvalue weighted by Gasteiger charge is 2.56. The van der Waals surface area contributed by atoms with Crippen molar-refractivity contribution in [1.29, 1.82) is 0 Å². The number of ether oxygens (including phenoxy) is 2. The van der Waals surface area contributed by atoms with E-state index in [1.807, 2.05) is 56.3 Å². The van der Waals surface area contributed by atoms with Crippen molar-refractivity contribution in [1.82, 2.24) is 34.9 Å². The third-order valence-corrected chi connectivity index (χ3v) is 11.3. The van der Waals surface area contributed by atoms with Crippen LogP contribution in [-0.2, 0) is 21.5 Å². The molecule has 1 aromatic carbocycles. The van der Waals surface area contributed by atoms with Gasteiger partial charge in [0.05, 0.1) is 17.3 Å². The number of H-pyrrole nitrogens is 1. The molecule has 0 unspecified atom stereocenters. The van der Waals surface area contributed by atoms with E-state index in [2.05, 4.69) is 31.9 Å². The number of phenols is 1. The second-order valence-electron chi connectivity index (χ2n) is 15.6. The lowest BCUT2D eigenvalue weighted by molar-refractivity contribution is -0.129. The number of hydrogen-bond donors (Lipinski definition) is 2. The number of aromatic nitrogens is 5. The number of methoxy groups -OCH3 is 1. The van der Waals surface area contributed by atoms with Crippen LogP contribution in [0.5, 0.6) is 5.75 Å². The summed E-state index contributed by atoms with van der Waals surface area (Å²) < 4.78 is 11.8. The highest BCUT2D eigenvalue weighted by atomic mass is 16.6. The van der Waals surface area contributed by atoms with Crippen molar-refractivity contribution < 1.29 is 19.4 Å². The van der Waals surface area contributed by atoms with E-state index in [1.165, 1.54) is 5.56 Å². The molecule has 1 saturated carbocycles. The van der Waals surface area contributed by atoms with Crippen molar-refractivity contribution in [2.24, 2.45) is 5.41 Å². The number of hydrogen-bond acceptors (Lipinski definition) is 10. The molecular weight excluding hydrogens is 620 g/mol. The first-order valence-corrected chi connectivity index (χ1v) is 17.5. The van der Waals surface area contributed by atoms with E-state index in [0.717, 1.165) is 87.1 Å². The summed E-state index contributed by atoms with van der Waals surface area (Å²) in [6.45, 7) is 12.2. The Kier molecular flexibility index (Phi) is 7.60. The number of para-hydroxylation sites is 1. The number of phenolic OH excluding ortho intramolecular Hbond substituents is 1. The van der Waals surface area contributed by atoms with Gasteiger partial charge in [0.2, 0.25) is 5.95 Å². The van der Waals surface area contributed by atoms with Gasteiger partial charge < -0.3 is 34.3 Å². The molecular formula is C37H46N8O4. The molecule has 1 atom stereocenters. The average molecular weight is 667 g/mol. The highest BCUT2D eigenvalue weighted by Crippen LogP contribution is 2.52. The smallest absolute Gasteiger partial charge is 0.410 e. The highest BCUT2D eigenvalue weighted by molar-refractivity contribution is 5.86. The maximum atomic E-state index is 12.4. The van der Waals surface area contributed by atoms with Gasteiger partial charge in [0.1, 0.15) is 11.4 Å². The van der Waals surface area contributed by atoms with Gasteiger partial charge in [-0.2, -0.15) is 0 Å². The number of nitrogens with zero attached hydrogens (tertiary/aromatic N) is 7. The Morgan fingerprint density at radius 1 is 1.04 bits per heavy atom. The van der Waals surface area contributed by atoms with Crippen molar-refractivity contribution in [2.45, 2.75) is 83.1 Å². The van der Waals surface area contributed by atoms with E-state index in [0.29, 0.717) is 23.2 Å². The summed E-state index contributed by atoms with van der Waals surface area (Å²) in [6.07, 6.45) is 8.59. The van der Waals surface area contributed by atoms with E-state index >= 15 is 0 Å². The Morgan fingerprint density at radius 3 is 2.43 bits per heavy atom. The molecule has 4 aliphatic rings. The number of aromatic amines is 1. The van der Waals surface area contributed by atoms with Crippen molar-refractivity contribution in [2.75, 3.05) is 44.7 Å². The summed E-state index contributed by atoms with van der Waals surface area (Å²) in [5.41, 5.74) is 4.78. The number of rotatable bonds is 5. The summed E-state index contributed by atoms with van der Waals surface area (Å²) in [7, 11) is 1.80. The van der Waals surface area contributed by atoms with Crippen LogP contribution in [0.1, 0.15) is 76.2 Å². The summed E-state index contributed by atoms with van der Waals surface area (Å²) in [5, 5.41) is 20.3. The molecule has 1 spiro atoms. The topological polar surface area (TPSA) is 133 Å². The Labute approximate surface area is 286 Å². The maximum Gasteiger partial charge on any atom is 0.410 e. The molecule has 0 bridgehead atoms. The Balaban J connectivity index is 0.915. The molecule has 12 nitrogen and oxygen atoms in total. The minimum absolute atomic E-state index is 0.0158. The van der Waals surface area contributed by atoms with Crippen LogP contribution in [0.3, 0.4) is 0 Å². The van der Waals surface area contributed by atoms with Crippen LogP contribution >= 0.6 is 0 Å². The third-order valence-electron chi connectivity index (χ3n) is 11.3. The molecule has 3 aliphatic heterocycles. The number of aromatic hydroxyl groups is 1. The second kappa shape index (κ2) is 11.7. The number of amides is 1. The zero-order chi connectivity index (χ0) is 34.1. The predicted molar refractivity (Wildman–Crippen MR) is 185 cm³/mol. The number of fused-ring (bicyclic) bond motifs is 3. The largest absolute Gasteiger partial charge is 0.507 e. The summed E-state index contributed by atoms with van der Waals surface area (Å²) in [4.78, 5) is 32.4. The minimum Gasteiger partial charge on any atom is -0.507 e. The number of carbonyl (C=O) groups is 1. The molecule has 1 aliphatic carbocycles. The zero-order valence-corrected chi connectivity index (χ0v) is 29.1. The van der Waals surface area contributed by atoms with Gasteiger partial charge in [0, 0.05) is 97.9 Å². The van der Waals surface area contributed by atoms with Gasteiger partial charge in [0.15, 0.2) is 5.65 Å². The lowest BCUT2D eigenvalue weighted by Crippen LogP contribution is -2.68. The fraction of sp³-hybridized carbons (Fsp3) is 0.541. The van der Waals surface area contributed by atoms with Gasteiger partial charge in [-0.3, -0.25) is 0 Å². The van der Waals surface area contributed by atoms with Gasteiger partial charge in [-0.15, -0.1) is 10.2 Å². The monoisotopic (exact) mass is 666 g/mol. The second-order valence-corrected chi connectivity index (χ2v) is 15.6. The quantitative estimate of drug-likeness (QED) is 0.278. The number of piperidine rings is 1. The molecule has 8 rings (SSSR count). The van der Waals surface area contributed by atoms with E-state index in [4.69, 9.17) is 19.4 Å². The van der Waals surface area contributed by atoms with Crippen LogP contribution in [0.25, 0.3) is 22.3 Å². The molecule has 4 aromatic rings. The SMILES string of the molecule is COC1(c2cnc(N3CCc4[nH]c5nnc(-c6ccccc6O)cc5c4[C@H]3C)nc2)CCN(C2CC3(C2)CN(C(=O)OC(C)(C)C)C3)CC1. The van der Waals surface area contributed by atoms with Gasteiger partial charge in [-0.1, -0.05) is 12.1 Å². The lowest BCUT2D eigenvalue weighted by atomic mass is 9.60. The molecule has 12 heteroatoms. The Hall–Kier alpha value is -4.29. The summed E-state index contributed by atoms with van der Waals surface area (Å²) in [6, 6.07) is 9.79. The van der Waals surface area contributed by atoms with E-state index < -0.39 is 11.2 Å². The fourth-order valence-electron chi connectivity index (χ4n) is 8.65.